The quantitative estimate of drug-likeness (QED) is 0.498. The standard InChI is InChI=1S/C20H26N2O.C12H21N/c1-3-13-8-12-9-17-19-15(6-7-22(11-12)20(13)17)16-10-14(23-2)4-5-18(16)21-19;1-10-3-9-4-11(2,6-10)8-12(13,5-9)7-10/h4-5,10,12-13,17,20-21H,3,6-9,11H2,1-2H3;9H,3-8,13H2,1-2H3/t12-,13+,17+,20+;/m1./s1. The molecule has 5 aliphatic carbocycles. The number of rotatable bonds is 2. The summed E-state index contributed by atoms with van der Waals surface area (Å²) in [6, 6.07) is 7.26. The van der Waals surface area contributed by atoms with E-state index in [1.54, 1.807) is 18.4 Å². The number of hydrogen-bond acceptors (Lipinski definition) is 3. The third-order valence-electron chi connectivity index (χ3n) is 11.4. The molecule has 36 heavy (non-hydrogen) atoms. The molecule has 8 bridgehead atoms. The number of fused-ring (bicyclic) bond motifs is 4. The van der Waals surface area contributed by atoms with Crippen LogP contribution in [0.1, 0.15) is 95.7 Å². The first-order valence-electron chi connectivity index (χ1n) is 14.9. The largest absolute Gasteiger partial charge is 0.497 e. The minimum atomic E-state index is 0.225. The lowest BCUT2D eigenvalue weighted by atomic mass is 9.43. The van der Waals surface area contributed by atoms with Crippen LogP contribution in [0, 0.1) is 28.6 Å². The van der Waals surface area contributed by atoms with E-state index in [0.29, 0.717) is 16.7 Å². The van der Waals surface area contributed by atoms with Gasteiger partial charge in [-0.25, -0.2) is 0 Å². The zero-order valence-corrected chi connectivity index (χ0v) is 23.0. The number of H-pyrrole nitrogens is 1. The highest BCUT2D eigenvalue weighted by atomic mass is 16.5. The van der Waals surface area contributed by atoms with E-state index in [0.717, 1.165) is 29.5 Å². The summed E-state index contributed by atoms with van der Waals surface area (Å²) in [5.41, 5.74) is 12.3. The van der Waals surface area contributed by atoms with Gasteiger partial charge in [0.1, 0.15) is 5.75 Å². The van der Waals surface area contributed by atoms with Crippen molar-refractivity contribution in [3.63, 3.8) is 0 Å². The van der Waals surface area contributed by atoms with E-state index >= 15 is 0 Å². The van der Waals surface area contributed by atoms with Crippen LogP contribution in [0.2, 0.25) is 0 Å². The molecule has 1 aromatic heterocycles. The van der Waals surface area contributed by atoms with Crippen molar-refractivity contribution in [2.24, 2.45) is 34.3 Å². The summed E-state index contributed by atoms with van der Waals surface area (Å²) in [6.45, 7) is 9.89. The molecule has 196 valence electrons. The fourth-order valence-corrected chi connectivity index (χ4v) is 11.3. The molecule has 4 heteroatoms. The van der Waals surface area contributed by atoms with Gasteiger partial charge >= 0.3 is 0 Å². The van der Waals surface area contributed by atoms with Crippen LogP contribution in [0.15, 0.2) is 18.2 Å². The van der Waals surface area contributed by atoms with Gasteiger partial charge in [0.2, 0.25) is 0 Å². The lowest BCUT2D eigenvalue weighted by molar-refractivity contribution is -0.104. The molecule has 7 fully saturated rings. The zero-order valence-electron chi connectivity index (χ0n) is 23.0. The predicted molar refractivity (Wildman–Crippen MR) is 147 cm³/mol. The van der Waals surface area contributed by atoms with Crippen LogP contribution >= 0.6 is 0 Å². The van der Waals surface area contributed by atoms with Crippen LogP contribution in [-0.4, -0.2) is 41.7 Å². The van der Waals surface area contributed by atoms with Crippen molar-refractivity contribution in [2.45, 2.75) is 102 Å². The molecule has 0 amide bonds. The first kappa shape index (κ1) is 23.6. The van der Waals surface area contributed by atoms with Crippen molar-refractivity contribution in [2.75, 3.05) is 20.2 Å². The molecular formula is C32H47N3O. The maximum atomic E-state index is 6.49. The molecular weight excluding hydrogens is 442 g/mol. The first-order chi connectivity index (χ1) is 17.2. The van der Waals surface area contributed by atoms with Crippen LogP contribution in [0.3, 0.4) is 0 Å². The molecule has 0 radical (unpaired) electrons. The molecule has 3 unspecified atom stereocenters. The highest BCUT2D eigenvalue weighted by Crippen LogP contribution is 2.65. The Balaban J connectivity index is 0.000000143. The zero-order chi connectivity index (χ0) is 24.9. The van der Waals surface area contributed by atoms with Gasteiger partial charge in [-0.2, -0.15) is 0 Å². The molecule has 4 nitrogen and oxygen atoms in total. The van der Waals surface area contributed by atoms with Crippen molar-refractivity contribution in [3.8, 4) is 5.75 Å². The van der Waals surface area contributed by atoms with Gasteiger partial charge in [0.25, 0.3) is 0 Å². The SMILES string of the molecule is CC12CC3CC(C)(C1)CC(N)(C3)C2.CC[C@H]1C[C@@H]2C[C@H]3c4[nH]c5ccc(OC)cc5c4CCN(C2)[C@@H]13. The van der Waals surface area contributed by atoms with Crippen molar-refractivity contribution in [3.05, 3.63) is 29.5 Å². The molecule has 7 atom stereocenters. The highest BCUT2D eigenvalue weighted by Gasteiger charge is 2.58. The number of piperidine rings is 2. The summed E-state index contributed by atoms with van der Waals surface area (Å²) >= 11 is 0. The van der Waals surface area contributed by atoms with Gasteiger partial charge in [-0.3, -0.25) is 4.90 Å². The van der Waals surface area contributed by atoms with Crippen LogP contribution < -0.4 is 10.5 Å². The monoisotopic (exact) mass is 489 g/mol. The number of ether oxygens (including phenoxy) is 1. The number of aromatic amines is 1. The van der Waals surface area contributed by atoms with Gasteiger partial charge in [0, 0.05) is 47.2 Å². The van der Waals surface area contributed by atoms with Gasteiger partial charge in [-0.15, -0.1) is 0 Å². The number of benzene rings is 1. The molecule has 5 saturated carbocycles. The number of aromatic nitrogens is 1. The fraction of sp³-hybridized carbons (Fsp3) is 0.750. The Kier molecular flexibility index (Phi) is 5.24. The lowest BCUT2D eigenvalue weighted by Crippen LogP contribution is -2.62. The summed E-state index contributed by atoms with van der Waals surface area (Å²) in [5.74, 6) is 4.43. The second-order valence-corrected chi connectivity index (χ2v) is 14.8. The van der Waals surface area contributed by atoms with Gasteiger partial charge < -0.3 is 15.5 Å². The van der Waals surface area contributed by atoms with Crippen LogP contribution in [-0.2, 0) is 6.42 Å². The summed E-state index contributed by atoms with van der Waals surface area (Å²) in [7, 11) is 1.76. The molecule has 0 spiro atoms. The van der Waals surface area contributed by atoms with E-state index in [1.807, 2.05) is 0 Å². The Labute approximate surface area is 217 Å². The summed E-state index contributed by atoms with van der Waals surface area (Å²) in [6.07, 6.45) is 13.6. The van der Waals surface area contributed by atoms with Crippen molar-refractivity contribution in [1.82, 2.24) is 9.88 Å². The summed E-state index contributed by atoms with van der Waals surface area (Å²) in [4.78, 5) is 6.63. The Bertz CT molecular complexity index is 1120. The van der Waals surface area contributed by atoms with Gasteiger partial charge in [0.15, 0.2) is 0 Å². The molecule has 1 aromatic carbocycles. The van der Waals surface area contributed by atoms with Crippen molar-refractivity contribution in [1.29, 1.82) is 0 Å². The maximum absolute atomic E-state index is 6.49. The Morgan fingerprint density at radius 2 is 1.83 bits per heavy atom. The Morgan fingerprint density at radius 1 is 1.06 bits per heavy atom. The second kappa shape index (κ2) is 7.99. The van der Waals surface area contributed by atoms with Gasteiger partial charge in [0.05, 0.1) is 7.11 Å². The van der Waals surface area contributed by atoms with Gasteiger partial charge in [-0.05, 0) is 110 Å². The Hall–Kier alpha value is -1.52. The second-order valence-electron chi connectivity index (χ2n) is 14.8. The highest BCUT2D eigenvalue weighted by molar-refractivity contribution is 5.86. The summed E-state index contributed by atoms with van der Waals surface area (Å²) < 4.78 is 5.46. The fourth-order valence-electron chi connectivity index (χ4n) is 11.3. The molecule has 3 aliphatic heterocycles. The average Bonchev–Trinajstić information content (AvgIpc) is 3.12. The predicted octanol–water partition coefficient (Wildman–Crippen LogP) is 6.63. The molecule has 2 aromatic rings. The van der Waals surface area contributed by atoms with Crippen LogP contribution in [0.4, 0.5) is 0 Å². The molecule has 10 rings (SSSR count). The van der Waals surface area contributed by atoms with Crippen molar-refractivity contribution >= 4 is 10.9 Å². The lowest BCUT2D eigenvalue weighted by Gasteiger charge is -2.64. The average molecular weight is 490 g/mol. The van der Waals surface area contributed by atoms with Crippen LogP contribution in [0.25, 0.3) is 10.9 Å². The molecule has 8 aliphatic rings. The number of nitrogens with one attached hydrogen (secondary N) is 1. The van der Waals surface area contributed by atoms with Crippen molar-refractivity contribution < 1.29 is 4.74 Å². The third-order valence-corrected chi connectivity index (χ3v) is 11.4. The maximum Gasteiger partial charge on any atom is 0.119 e. The Morgan fingerprint density at radius 3 is 2.50 bits per heavy atom. The minimum Gasteiger partial charge on any atom is -0.497 e. The number of nitrogens with two attached hydrogens (primary N) is 1. The number of hydrogen-bond donors (Lipinski definition) is 2. The van der Waals surface area contributed by atoms with E-state index in [2.05, 4.69) is 48.9 Å². The third kappa shape index (κ3) is 3.68. The normalized spacial score (nSPS) is 45.7. The van der Waals surface area contributed by atoms with Gasteiger partial charge in [-0.1, -0.05) is 27.2 Å². The first-order valence-corrected chi connectivity index (χ1v) is 14.9. The molecule has 3 N–H and O–H groups in total. The van der Waals surface area contributed by atoms with E-state index in [1.165, 1.54) is 88.2 Å². The van der Waals surface area contributed by atoms with E-state index in [4.69, 9.17) is 10.5 Å². The summed E-state index contributed by atoms with van der Waals surface area (Å²) in [5, 5.41) is 1.39. The smallest absolute Gasteiger partial charge is 0.119 e. The van der Waals surface area contributed by atoms with E-state index < -0.39 is 0 Å². The van der Waals surface area contributed by atoms with E-state index in [9.17, 15) is 0 Å². The minimum absolute atomic E-state index is 0.225. The topological polar surface area (TPSA) is 54.3 Å². The number of methoxy groups -OCH3 is 1. The molecule has 4 heterocycles. The van der Waals surface area contributed by atoms with Crippen LogP contribution in [0.5, 0.6) is 5.75 Å². The van der Waals surface area contributed by atoms with E-state index in [-0.39, 0.29) is 5.54 Å². The molecule has 2 saturated heterocycles. The number of nitrogens with zero attached hydrogens (tertiary/aromatic N) is 1.